The first-order valence-corrected chi connectivity index (χ1v) is 4.23. The van der Waals surface area contributed by atoms with Crippen molar-refractivity contribution in [2.45, 2.75) is 20.4 Å². The zero-order valence-corrected chi connectivity index (χ0v) is 7.96. The van der Waals surface area contributed by atoms with Crippen LogP contribution in [-0.2, 0) is 6.54 Å². The molecule has 3 heteroatoms. The fourth-order valence-corrected chi connectivity index (χ4v) is 0.682. The molecule has 0 saturated heterocycles. The second-order valence-corrected chi connectivity index (χ2v) is 1.92. The highest BCUT2D eigenvalue weighted by molar-refractivity contribution is 5.02. The number of nitrogens with one attached hydrogen (secondary N) is 2. The maximum Gasteiger partial charge on any atom is 0.0555 e. The highest BCUT2D eigenvalue weighted by Gasteiger charge is 1.87. The maximum absolute atomic E-state index is 4.11. The molecular weight excluding hydrogens is 150 g/mol. The summed E-state index contributed by atoms with van der Waals surface area (Å²) in [5, 5.41) is 0. The molecule has 0 radical (unpaired) electrons. The Morgan fingerprint density at radius 2 is 2.08 bits per heavy atom. The van der Waals surface area contributed by atoms with Crippen molar-refractivity contribution < 1.29 is 0 Å². The lowest BCUT2D eigenvalue weighted by Gasteiger charge is -1.99. The number of rotatable bonds is 3. The number of hydrazine groups is 1. The summed E-state index contributed by atoms with van der Waals surface area (Å²) in [6.07, 6.45) is 1.78. The standard InChI is InChI=1S/C7H11N3.C2H6/c1-8-10-6-7-4-2-3-5-9-7;1-2/h2-5,8,10H,6H2,1H3;1-2H3. The molecular formula is C9H17N3. The molecule has 0 aromatic carbocycles. The first-order chi connectivity index (χ1) is 5.93. The molecule has 1 aromatic heterocycles. The van der Waals surface area contributed by atoms with Gasteiger partial charge in [-0.25, -0.2) is 0 Å². The van der Waals surface area contributed by atoms with E-state index in [1.54, 1.807) is 6.20 Å². The van der Waals surface area contributed by atoms with Crippen molar-refractivity contribution in [1.29, 1.82) is 0 Å². The van der Waals surface area contributed by atoms with Gasteiger partial charge >= 0.3 is 0 Å². The van der Waals surface area contributed by atoms with Crippen LogP contribution in [0.15, 0.2) is 24.4 Å². The van der Waals surface area contributed by atoms with Crippen LogP contribution in [0.1, 0.15) is 19.5 Å². The number of hydrogen-bond acceptors (Lipinski definition) is 3. The molecule has 1 heterocycles. The molecule has 0 spiro atoms. The molecule has 0 aliphatic carbocycles. The summed E-state index contributed by atoms with van der Waals surface area (Å²) in [5.74, 6) is 0. The highest BCUT2D eigenvalue weighted by atomic mass is 15.3. The van der Waals surface area contributed by atoms with Crippen LogP contribution in [-0.4, -0.2) is 12.0 Å². The Morgan fingerprint density at radius 3 is 2.58 bits per heavy atom. The van der Waals surface area contributed by atoms with Crippen LogP contribution in [0.25, 0.3) is 0 Å². The summed E-state index contributed by atoms with van der Waals surface area (Å²) in [6, 6.07) is 5.85. The Labute approximate surface area is 74.2 Å². The summed E-state index contributed by atoms with van der Waals surface area (Å²) in [5.41, 5.74) is 6.82. The van der Waals surface area contributed by atoms with Gasteiger partial charge in [0.15, 0.2) is 0 Å². The van der Waals surface area contributed by atoms with E-state index < -0.39 is 0 Å². The maximum atomic E-state index is 4.11. The van der Waals surface area contributed by atoms with E-state index >= 15 is 0 Å². The van der Waals surface area contributed by atoms with Gasteiger partial charge in [0, 0.05) is 6.20 Å². The predicted octanol–water partition coefficient (Wildman–Crippen LogP) is 1.33. The summed E-state index contributed by atoms with van der Waals surface area (Å²) >= 11 is 0. The zero-order valence-electron chi connectivity index (χ0n) is 7.96. The van der Waals surface area contributed by atoms with Crippen molar-refractivity contribution in [2.24, 2.45) is 0 Å². The Hall–Kier alpha value is -0.930. The van der Waals surface area contributed by atoms with Crippen LogP contribution in [0.2, 0.25) is 0 Å². The van der Waals surface area contributed by atoms with Gasteiger partial charge in [-0.3, -0.25) is 15.8 Å². The van der Waals surface area contributed by atoms with Crippen molar-refractivity contribution >= 4 is 0 Å². The van der Waals surface area contributed by atoms with E-state index in [4.69, 9.17) is 0 Å². The fraction of sp³-hybridized carbons (Fsp3) is 0.444. The van der Waals surface area contributed by atoms with Gasteiger partial charge in [-0.05, 0) is 19.2 Å². The van der Waals surface area contributed by atoms with E-state index in [9.17, 15) is 0 Å². The van der Waals surface area contributed by atoms with E-state index in [0.717, 1.165) is 12.2 Å². The Morgan fingerprint density at radius 1 is 1.33 bits per heavy atom. The van der Waals surface area contributed by atoms with E-state index in [1.165, 1.54) is 0 Å². The van der Waals surface area contributed by atoms with Crippen molar-refractivity contribution in [3.63, 3.8) is 0 Å². The third-order valence-electron chi connectivity index (χ3n) is 1.17. The molecule has 0 saturated carbocycles. The molecule has 0 unspecified atom stereocenters. The molecule has 0 fully saturated rings. The summed E-state index contributed by atoms with van der Waals surface area (Å²) in [6.45, 7) is 4.76. The van der Waals surface area contributed by atoms with Crippen LogP contribution in [0.3, 0.4) is 0 Å². The topological polar surface area (TPSA) is 37.0 Å². The Bertz CT molecular complexity index is 174. The number of hydrogen-bond donors (Lipinski definition) is 2. The second-order valence-electron chi connectivity index (χ2n) is 1.92. The Balaban J connectivity index is 0.000000561. The van der Waals surface area contributed by atoms with Crippen LogP contribution >= 0.6 is 0 Å². The lowest BCUT2D eigenvalue weighted by molar-refractivity contribution is 0.588. The van der Waals surface area contributed by atoms with Crippen molar-refractivity contribution in [3.8, 4) is 0 Å². The highest BCUT2D eigenvalue weighted by Crippen LogP contribution is 1.89. The second kappa shape index (κ2) is 8.17. The smallest absolute Gasteiger partial charge is 0.0555 e. The molecule has 3 nitrogen and oxygen atoms in total. The van der Waals surface area contributed by atoms with Crippen molar-refractivity contribution in [3.05, 3.63) is 30.1 Å². The minimum Gasteiger partial charge on any atom is -0.261 e. The van der Waals surface area contributed by atoms with Crippen LogP contribution in [0.4, 0.5) is 0 Å². The monoisotopic (exact) mass is 167 g/mol. The van der Waals surface area contributed by atoms with E-state index in [0.29, 0.717) is 0 Å². The van der Waals surface area contributed by atoms with Gasteiger partial charge in [0.1, 0.15) is 0 Å². The van der Waals surface area contributed by atoms with Gasteiger partial charge in [-0.2, -0.15) is 0 Å². The average molecular weight is 167 g/mol. The van der Waals surface area contributed by atoms with Gasteiger partial charge in [0.25, 0.3) is 0 Å². The summed E-state index contributed by atoms with van der Waals surface area (Å²) in [4.78, 5) is 4.11. The molecule has 0 bridgehead atoms. The molecule has 0 amide bonds. The van der Waals surface area contributed by atoms with Crippen LogP contribution in [0, 0.1) is 0 Å². The molecule has 1 aromatic rings. The predicted molar refractivity (Wildman–Crippen MR) is 51.5 cm³/mol. The summed E-state index contributed by atoms with van der Waals surface area (Å²) in [7, 11) is 1.84. The number of pyridine rings is 1. The van der Waals surface area contributed by atoms with E-state index in [-0.39, 0.29) is 0 Å². The van der Waals surface area contributed by atoms with Gasteiger partial charge in [-0.1, -0.05) is 19.9 Å². The third kappa shape index (κ3) is 4.82. The van der Waals surface area contributed by atoms with E-state index in [2.05, 4.69) is 15.8 Å². The zero-order chi connectivity index (χ0) is 9.23. The van der Waals surface area contributed by atoms with Crippen molar-refractivity contribution in [1.82, 2.24) is 15.8 Å². The lowest BCUT2D eigenvalue weighted by Crippen LogP contribution is -2.26. The minimum atomic E-state index is 0.761. The number of nitrogens with zero attached hydrogens (tertiary/aromatic N) is 1. The molecule has 68 valence electrons. The van der Waals surface area contributed by atoms with Gasteiger partial charge in [-0.15, -0.1) is 0 Å². The van der Waals surface area contributed by atoms with Crippen LogP contribution < -0.4 is 10.9 Å². The fourth-order valence-electron chi connectivity index (χ4n) is 0.682. The average Bonchev–Trinajstić information content (AvgIpc) is 2.19. The SMILES string of the molecule is CC.CNNCc1ccccn1. The minimum absolute atomic E-state index is 0.761. The normalized spacial score (nSPS) is 8.58. The number of aromatic nitrogens is 1. The van der Waals surface area contributed by atoms with Crippen molar-refractivity contribution in [2.75, 3.05) is 7.05 Å². The molecule has 0 atom stereocenters. The summed E-state index contributed by atoms with van der Waals surface area (Å²) < 4.78 is 0. The first-order valence-electron chi connectivity index (χ1n) is 4.23. The molecule has 0 aliphatic heterocycles. The third-order valence-corrected chi connectivity index (χ3v) is 1.17. The first kappa shape index (κ1) is 11.1. The van der Waals surface area contributed by atoms with Gasteiger partial charge in [0.2, 0.25) is 0 Å². The molecule has 12 heavy (non-hydrogen) atoms. The Kier molecular flexibility index (Phi) is 7.54. The van der Waals surface area contributed by atoms with Gasteiger partial charge < -0.3 is 0 Å². The largest absolute Gasteiger partial charge is 0.261 e. The van der Waals surface area contributed by atoms with E-state index in [1.807, 2.05) is 39.1 Å². The van der Waals surface area contributed by atoms with Gasteiger partial charge in [0.05, 0.1) is 12.2 Å². The molecule has 1 rings (SSSR count). The molecule has 2 N–H and O–H groups in total. The molecule has 0 aliphatic rings. The lowest BCUT2D eigenvalue weighted by atomic mass is 10.4. The van der Waals surface area contributed by atoms with Crippen LogP contribution in [0.5, 0.6) is 0 Å². The quantitative estimate of drug-likeness (QED) is 0.667.